The summed E-state index contributed by atoms with van der Waals surface area (Å²) in [6, 6.07) is 8.52. The van der Waals surface area contributed by atoms with Gasteiger partial charge in [0.25, 0.3) is 0 Å². The number of aliphatic hydroxyl groups is 1. The fraction of sp³-hybridized carbons (Fsp3) is 0.571. The highest BCUT2D eigenvalue weighted by molar-refractivity contribution is 7.99. The topological polar surface area (TPSA) is 29.5 Å². The van der Waals surface area contributed by atoms with E-state index in [9.17, 15) is 5.11 Å². The zero-order valence-electron chi connectivity index (χ0n) is 10.7. The van der Waals surface area contributed by atoms with Crippen molar-refractivity contribution < 1.29 is 9.84 Å². The lowest BCUT2D eigenvalue weighted by Gasteiger charge is -2.50. The van der Waals surface area contributed by atoms with Crippen molar-refractivity contribution >= 4 is 11.8 Å². The molecular formula is C14H20O2S. The Morgan fingerprint density at radius 2 is 1.88 bits per heavy atom. The van der Waals surface area contributed by atoms with E-state index in [0.29, 0.717) is 13.2 Å². The van der Waals surface area contributed by atoms with Gasteiger partial charge in [-0.05, 0) is 37.3 Å². The quantitative estimate of drug-likeness (QED) is 0.836. The van der Waals surface area contributed by atoms with E-state index in [1.807, 2.05) is 25.6 Å². The Balaban J connectivity index is 2.26. The molecule has 3 heteroatoms. The number of thioether (sulfide) groups is 1. The molecule has 1 N–H and O–H groups in total. The first kappa shape index (κ1) is 12.9. The smallest absolute Gasteiger partial charge is 0.0732 e. The highest BCUT2D eigenvalue weighted by Crippen LogP contribution is 2.42. The van der Waals surface area contributed by atoms with Gasteiger partial charge < -0.3 is 9.84 Å². The van der Waals surface area contributed by atoms with Crippen LogP contribution in [-0.4, -0.2) is 29.7 Å². The average Bonchev–Trinajstić information content (AvgIpc) is 2.17. The van der Waals surface area contributed by atoms with Crippen LogP contribution in [0.15, 0.2) is 29.2 Å². The minimum Gasteiger partial charge on any atom is -0.389 e. The first-order valence-electron chi connectivity index (χ1n) is 6.03. The van der Waals surface area contributed by atoms with Crippen LogP contribution in [0.4, 0.5) is 0 Å². The largest absolute Gasteiger partial charge is 0.389 e. The molecule has 0 spiro atoms. The minimum absolute atomic E-state index is 0.234. The van der Waals surface area contributed by atoms with Gasteiger partial charge in [0.1, 0.15) is 0 Å². The van der Waals surface area contributed by atoms with Crippen molar-refractivity contribution in [3.05, 3.63) is 29.8 Å². The van der Waals surface area contributed by atoms with Gasteiger partial charge in [-0.25, -0.2) is 0 Å². The third kappa shape index (κ3) is 2.24. The SMILES string of the molecule is CCSc1ccc(C2(C(C)(C)O)COC2)cc1. The number of hydrogen-bond donors (Lipinski definition) is 1. The summed E-state index contributed by atoms with van der Waals surface area (Å²) in [5.74, 6) is 1.08. The normalized spacial score (nSPS) is 18.8. The molecule has 1 fully saturated rings. The minimum atomic E-state index is -0.745. The Labute approximate surface area is 107 Å². The van der Waals surface area contributed by atoms with Crippen LogP contribution in [0.5, 0.6) is 0 Å². The molecule has 1 heterocycles. The van der Waals surface area contributed by atoms with E-state index in [2.05, 4.69) is 31.2 Å². The molecule has 2 rings (SSSR count). The Hall–Kier alpha value is -0.510. The van der Waals surface area contributed by atoms with Crippen LogP contribution in [-0.2, 0) is 10.2 Å². The lowest BCUT2D eigenvalue weighted by Crippen LogP contribution is -2.60. The van der Waals surface area contributed by atoms with Gasteiger partial charge in [0, 0.05) is 4.90 Å². The maximum Gasteiger partial charge on any atom is 0.0732 e. The molecule has 1 aromatic rings. The molecule has 0 aliphatic carbocycles. The second kappa shape index (κ2) is 4.63. The highest BCUT2D eigenvalue weighted by Gasteiger charge is 2.51. The summed E-state index contributed by atoms with van der Waals surface area (Å²) in [4.78, 5) is 1.28. The fourth-order valence-electron chi connectivity index (χ4n) is 2.22. The van der Waals surface area contributed by atoms with Crippen molar-refractivity contribution in [2.24, 2.45) is 0 Å². The standard InChI is InChI=1S/C14H20O2S/c1-4-17-12-7-5-11(6-8-12)14(9-16-10-14)13(2,3)15/h5-8,15H,4,9-10H2,1-3H3. The molecule has 0 radical (unpaired) electrons. The summed E-state index contributed by atoms with van der Waals surface area (Å²) in [5.41, 5.74) is 0.198. The third-order valence-corrected chi connectivity index (χ3v) is 4.48. The van der Waals surface area contributed by atoms with Crippen LogP contribution < -0.4 is 0 Å². The van der Waals surface area contributed by atoms with Crippen molar-refractivity contribution in [3.8, 4) is 0 Å². The summed E-state index contributed by atoms with van der Waals surface area (Å²) >= 11 is 1.83. The van der Waals surface area contributed by atoms with Crippen molar-refractivity contribution in [3.63, 3.8) is 0 Å². The van der Waals surface area contributed by atoms with E-state index in [4.69, 9.17) is 4.74 Å². The first-order valence-corrected chi connectivity index (χ1v) is 7.01. The van der Waals surface area contributed by atoms with E-state index in [1.165, 1.54) is 10.5 Å². The van der Waals surface area contributed by atoms with Gasteiger partial charge >= 0.3 is 0 Å². The Morgan fingerprint density at radius 3 is 2.24 bits per heavy atom. The van der Waals surface area contributed by atoms with Crippen LogP contribution in [0.3, 0.4) is 0 Å². The van der Waals surface area contributed by atoms with Crippen molar-refractivity contribution in [2.45, 2.75) is 36.7 Å². The molecule has 1 aliphatic rings. The third-order valence-electron chi connectivity index (χ3n) is 3.59. The lowest BCUT2D eigenvalue weighted by molar-refractivity contribution is -0.157. The number of rotatable bonds is 4. The summed E-state index contributed by atoms with van der Waals surface area (Å²) < 4.78 is 5.33. The Kier molecular flexibility index (Phi) is 3.53. The number of hydrogen-bond acceptors (Lipinski definition) is 3. The van der Waals surface area contributed by atoms with E-state index in [1.54, 1.807) is 0 Å². The molecule has 0 atom stereocenters. The molecule has 2 nitrogen and oxygen atoms in total. The molecule has 0 aromatic heterocycles. The molecule has 94 valence electrons. The molecule has 1 saturated heterocycles. The Morgan fingerprint density at radius 1 is 1.29 bits per heavy atom. The van der Waals surface area contributed by atoms with Crippen molar-refractivity contribution in [2.75, 3.05) is 19.0 Å². The zero-order valence-corrected chi connectivity index (χ0v) is 11.5. The molecular weight excluding hydrogens is 232 g/mol. The molecule has 0 bridgehead atoms. The maximum absolute atomic E-state index is 10.3. The van der Waals surface area contributed by atoms with Gasteiger partial charge in [0.05, 0.1) is 24.2 Å². The van der Waals surface area contributed by atoms with Crippen LogP contribution in [0.25, 0.3) is 0 Å². The van der Waals surface area contributed by atoms with Gasteiger partial charge in [0.15, 0.2) is 0 Å². The van der Waals surface area contributed by atoms with Crippen LogP contribution in [0.1, 0.15) is 26.3 Å². The lowest BCUT2D eigenvalue weighted by atomic mass is 9.67. The number of ether oxygens (including phenoxy) is 1. The van der Waals surface area contributed by atoms with Gasteiger partial charge in [-0.15, -0.1) is 11.8 Å². The van der Waals surface area contributed by atoms with E-state index in [-0.39, 0.29) is 5.41 Å². The van der Waals surface area contributed by atoms with Gasteiger partial charge in [-0.2, -0.15) is 0 Å². The van der Waals surface area contributed by atoms with Crippen LogP contribution in [0, 0.1) is 0 Å². The maximum atomic E-state index is 10.3. The number of benzene rings is 1. The van der Waals surface area contributed by atoms with Gasteiger partial charge in [-0.1, -0.05) is 19.1 Å². The molecule has 17 heavy (non-hydrogen) atoms. The van der Waals surface area contributed by atoms with Crippen molar-refractivity contribution in [1.82, 2.24) is 0 Å². The first-order chi connectivity index (χ1) is 7.99. The van der Waals surface area contributed by atoms with Gasteiger partial charge in [-0.3, -0.25) is 0 Å². The molecule has 0 unspecified atom stereocenters. The molecule has 0 saturated carbocycles. The monoisotopic (exact) mass is 252 g/mol. The van der Waals surface area contributed by atoms with Gasteiger partial charge in [0.2, 0.25) is 0 Å². The predicted molar refractivity (Wildman–Crippen MR) is 71.6 cm³/mol. The second-order valence-electron chi connectivity index (χ2n) is 5.09. The molecule has 1 aliphatic heterocycles. The van der Waals surface area contributed by atoms with Crippen LogP contribution in [0.2, 0.25) is 0 Å². The van der Waals surface area contributed by atoms with E-state index in [0.717, 1.165) is 5.75 Å². The fourth-order valence-corrected chi connectivity index (χ4v) is 2.88. The summed E-state index contributed by atoms with van der Waals surface area (Å²) in [5, 5.41) is 10.3. The van der Waals surface area contributed by atoms with E-state index < -0.39 is 5.60 Å². The van der Waals surface area contributed by atoms with E-state index >= 15 is 0 Å². The second-order valence-corrected chi connectivity index (χ2v) is 6.43. The van der Waals surface area contributed by atoms with Crippen molar-refractivity contribution in [1.29, 1.82) is 0 Å². The molecule has 0 amide bonds. The summed E-state index contributed by atoms with van der Waals surface area (Å²) in [6.45, 7) is 7.10. The average molecular weight is 252 g/mol. The van der Waals surface area contributed by atoms with Crippen LogP contribution >= 0.6 is 11.8 Å². The highest BCUT2D eigenvalue weighted by atomic mass is 32.2. The Bertz CT molecular complexity index is 374. The summed E-state index contributed by atoms with van der Waals surface area (Å²) in [6.07, 6.45) is 0. The summed E-state index contributed by atoms with van der Waals surface area (Å²) in [7, 11) is 0. The molecule has 1 aromatic carbocycles. The zero-order chi connectivity index (χ0) is 12.5. The predicted octanol–water partition coefficient (Wildman–Crippen LogP) is 2.84.